The number of rotatable bonds is 7. The molecule has 21 heavy (non-hydrogen) atoms. The van der Waals surface area contributed by atoms with Gasteiger partial charge in [-0.15, -0.1) is 0 Å². The molecule has 0 atom stereocenters. The Kier molecular flexibility index (Phi) is 7.50. The van der Waals surface area contributed by atoms with E-state index >= 15 is 0 Å². The zero-order valence-corrected chi connectivity index (χ0v) is 13.5. The van der Waals surface area contributed by atoms with Crippen molar-refractivity contribution in [3.05, 3.63) is 28.2 Å². The normalized spacial score (nSPS) is 10.3. The first-order valence-corrected chi connectivity index (χ1v) is 7.34. The molecule has 0 bridgehead atoms. The average molecular weight is 333 g/mol. The Labute approximate surface area is 134 Å². The van der Waals surface area contributed by atoms with Gasteiger partial charge in [-0.05, 0) is 26.0 Å². The van der Waals surface area contributed by atoms with Crippen LogP contribution >= 0.6 is 23.2 Å². The van der Waals surface area contributed by atoms with E-state index in [1.165, 1.54) is 4.90 Å². The standard InChI is InChI=1S/C14H18Cl2N2O3/c1-3-18(13(20)9-21-4-2)8-12(19)17-14-10(15)6-5-7-11(14)16/h5-7H,3-4,8-9H2,1-2H3,(H,17,19). The number of hydrogen-bond acceptors (Lipinski definition) is 3. The van der Waals surface area contributed by atoms with Gasteiger partial charge in [-0.3, -0.25) is 9.59 Å². The fraction of sp³-hybridized carbons (Fsp3) is 0.429. The van der Waals surface area contributed by atoms with E-state index in [1.54, 1.807) is 32.0 Å². The molecule has 0 aromatic heterocycles. The second-order valence-corrected chi connectivity index (χ2v) is 5.00. The Morgan fingerprint density at radius 1 is 1.24 bits per heavy atom. The first-order valence-electron chi connectivity index (χ1n) is 6.58. The van der Waals surface area contributed by atoms with Gasteiger partial charge in [-0.25, -0.2) is 0 Å². The van der Waals surface area contributed by atoms with Crippen LogP contribution in [0.2, 0.25) is 10.0 Å². The summed E-state index contributed by atoms with van der Waals surface area (Å²) >= 11 is 12.0. The first kappa shape index (κ1) is 17.8. The molecule has 0 saturated heterocycles. The van der Waals surface area contributed by atoms with Crippen LogP contribution in [0.1, 0.15) is 13.8 Å². The lowest BCUT2D eigenvalue weighted by molar-refractivity contribution is -0.138. The lowest BCUT2D eigenvalue weighted by Crippen LogP contribution is -2.39. The largest absolute Gasteiger partial charge is 0.372 e. The molecule has 0 saturated carbocycles. The number of hydrogen-bond donors (Lipinski definition) is 1. The quantitative estimate of drug-likeness (QED) is 0.835. The van der Waals surface area contributed by atoms with E-state index in [-0.39, 0.29) is 25.0 Å². The van der Waals surface area contributed by atoms with Gasteiger partial charge in [0.05, 0.1) is 22.3 Å². The zero-order chi connectivity index (χ0) is 15.8. The maximum absolute atomic E-state index is 12.0. The van der Waals surface area contributed by atoms with Crippen molar-refractivity contribution in [3.63, 3.8) is 0 Å². The van der Waals surface area contributed by atoms with Crippen molar-refractivity contribution in [2.75, 3.05) is 31.6 Å². The number of nitrogens with zero attached hydrogens (tertiary/aromatic N) is 1. The molecule has 1 aromatic rings. The summed E-state index contributed by atoms with van der Waals surface area (Å²) in [5, 5.41) is 3.31. The predicted molar refractivity (Wildman–Crippen MR) is 83.8 cm³/mol. The van der Waals surface area contributed by atoms with Crippen molar-refractivity contribution in [2.24, 2.45) is 0 Å². The van der Waals surface area contributed by atoms with Crippen LogP contribution in [0.5, 0.6) is 0 Å². The van der Waals surface area contributed by atoms with E-state index in [0.717, 1.165) is 0 Å². The second-order valence-electron chi connectivity index (χ2n) is 4.19. The van der Waals surface area contributed by atoms with Crippen molar-refractivity contribution in [1.29, 1.82) is 0 Å². The smallest absolute Gasteiger partial charge is 0.249 e. The number of nitrogens with one attached hydrogen (secondary N) is 1. The molecule has 0 radical (unpaired) electrons. The predicted octanol–water partition coefficient (Wildman–Crippen LogP) is 2.82. The highest BCUT2D eigenvalue weighted by atomic mass is 35.5. The van der Waals surface area contributed by atoms with Crippen LogP contribution < -0.4 is 5.32 Å². The first-order chi connectivity index (χ1) is 9.99. The molecule has 1 N–H and O–H groups in total. The van der Waals surface area contributed by atoms with Gasteiger partial charge in [-0.1, -0.05) is 29.3 Å². The van der Waals surface area contributed by atoms with Gasteiger partial charge in [0, 0.05) is 13.2 Å². The molecule has 0 spiro atoms. The summed E-state index contributed by atoms with van der Waals surface area (Å²) in [5.41, 5.74) is 0.346. The highest BCUT2D eigenvalue weighted by Crippen LogP contribution is 2.29. The lowest BCUT2D eigenvalue weighted by atomic mass is 10.3. The third kappa shape index (κ3) is 5.53. The topological polar surface area (TPSA) is 58.6 Å². The van der Waals surface area contributed by atoms with Crippen molar-refractivity contribution < 1.29 is 14.3 Å². The zero-order valence-electron chi connectivity index (χ0n) is 12.0. The second kappa shape index (κ2) is 8.87. The van der Waals surface area contributed by atoms with Gasteiger partial charge in [0.1, 0.15) is 6.61 Å². The lowest BCUT2D eigenvalue weighted by Gasteiger charge is -2.20. The number of carbonyl (C=O) groups excluding carboxylic acids is 2. The van der Waals surface area contributed by atoms with E-state index in [9.17, 15) is 9.59 Å². The molecule has 0 heterocycles. The van der Waals surface area contributed by atoms with Crippen LogP contribution in [-0.4, -0.2) is 43.0 Å². The van der Waals surface area contributed by atoms with Gasteiger partial charge in [0.25, 0.3) is 0 Å². The summed E-state index contributed by atoms with van der Waals surface area (Å²) in [4.78, 5) is 25.2. The Balaban J connectivity index is 2.65. The van der Waals surface area contributed by atoms with Crippen molar-refractivity contribution >= 4 is 40.7 Å². The van der Waals surface area contributed by atoms with Crippen LogP contribution in [0, 0.1) is 0 Å². The summed E-state index contributed by atoms with van der Waals surface area (Å²) < 4.78 is 5.05. The number of carbonyl (C=O) groups is 2. The van der Waals surface area contributed by atoms with E-state index in [1.807, 2.05) is 0 Å². The summed E-state index contributed by atoms with van der Waals surface area (Å²) in [6, 6.07) is 4.94. The van der Waals surface area contributed by atoms with Crippen LogP contribution in [0.4, 0.5) is 5.69 Å². The number of ether oxygens (including phenoxy) is 1. The number of halogens is 2. The summed E-state index contributed by atoms with van der Waals surface area (Å²) in [7, 11) is 0. The van der Waals surface area contributed by atoms with Crippen molar-refractivity contribution in [2.45, 2.75) is 13.8 Å². The van der Waals surface area contributed by atoms with Crippen LogP contribution in [0.3, 0.4) is 0 Å². The number of likely N-dealkylation sites (N-methyl/N-ethyl adjacent to an activating group) is 1. The van der Waals surface area contributed by atoms with E-state index in [4.69, 9.17) is 27.9 Å². The van der Waals surface area contributed by atoms with E-state index in [2.05, 4.69) is 5.32 Å². The fourth-order valence-electron chi connectivity index (χ4n) is 1.63. The van der Waals surface area contributed by atoms with Crippen LogP contribution in [0.25, 0.3) is 0 Å². The number of anilines is 1. The monoisotopic (exact) mass is 332 g/mol. The molecule has 2 amide bonds. The van der Waals surface area contributed by atoms with Gasteiger partial charge in [0.15, 0.2) is 0 Å². The van der Waals surface area contributed by atoms with Crippen LogP contribution in [-0.2, 0) is 14.3 Å². The Hall–Kier alpha value is -1.30. The maximum atomic E-state index is 12.0. The molecule has 0 aliphatic carbocycles. The van der Waals surface area contributed by atoms with Gasteiger partial charge >= 0.3 is 0 Å². The molecule has 0 aliphatic heterocycles. The van der Waals surface area contributed by atoms with Crippen molar-refractivity contribution in [3.8, 4) is 0 Å². The molecule has 1 aromatic carbocycles. The minimum absolute atomic E-state index is 0.0372. The molecular formula is C14H18Cl2N2O3. The number of amides is 2. The third-order valence-corrected chi connectivity index (χ3v) is 3.36. The molecule has 0 unspecified atom stereocenters. The summed E-state index contributed by atoms with van der Waals surface area (Å²) in [6.45, 7) is 4.34. The number of benzene rings is 1. The summed E-state index contributed by atoms with van der Waals surface area (Å²) in [6.07, 6.45) is 0. The Morgan fingerprint density at radius 2 is 1.86 bits per heavy atom. The molecule has 1 rings (SSSR count). The molecule has 0 fully saturated rings. The minimum atomic E-state index is -0.364. The molecule has 7 heteroatoms. The van der Waals surface area contributed by atoms with Gasteiger partial charge in [0.2, 0.25) is 11.8 Å². The van der Waals surface area contributed by atoms with Gasteiger partial charge < -0.3 is 15.0 Å². The van der Waals surface area contributed by atoms with E-state index in [0.29, 0.717) is 28.9 Å². The maximum Gasteiger partial charge on any atom is 0.249 e. The fourth-order valence-corrected chi connectivity index (χ4v) is 2.12. The minimum Gasteiger partial charge on any atom is -0.372 e. The van der Waals surface area contributed by atoms with Crippen LogP contribution in [0.15, 0.2) is 18.2 Å². The molecule has 0 aliphatic rings. The Morgan fingerprint density at radius 3 is 2.38 bits per heavy atom. The molecule has 5 nitrogen and oxygen atoms in total. The van der Waals surface area contributed by atoms with E-state index < -0.39 is 0 Å². The highest BCUT2D eigenvalue weighted by Gasteiger charge is 2.17. The highest BCUT2D eigenvalue weighted by molar-refractivity contribution is 6.39. The van der Waals surface area contributed by atoms with Gasteiger partial charge in [-0.2, -0.15) is 0 Å². The third-order valence-electron chi connectivity index (χ3n) is 2.73. The Bertz CT molecular complexity index is 489. The van der Waals surface area contributed by atoms with Crippen molar-refractivity contribution in [1.82, 2.24) is 4.90 Å². The summed E-state index contributed by atoms with van der Waals surface area (Å²) in [5.74, 6) is -0.601. The molecular weight excluding hydrogens is 315 g/mol. The molecule has 116 valence electrons. The average Bonchev–Trinajstić information content (AvgIpc) is 2.46. The number of para-hydroxylation sites is 1. The SMILES string of the molecule is CCOCC(=O)N(CC)CC(=O)Nc1c(Cl)cccc1Cl.